The molecule has 0 spiro atoms. The Balaban J connectivity index is 5.45. The summed E-state index contributed by atoms with van der Waals surface area (Å²) < 4.78 is 68.5. The van der Waals surface area contributed by atoms with Crippen molar-refractivity contribution in [2.45, 2.75) is 329 Å². The predicted octanol–water partition coefficient (Wildman–Crippen LogP) is 23.4. The zero-order valence-corrected chi connectivity index (χ0v) is 66.7. The van der Waals surface area contributed by atoms with Crippen molar-refractivity contribution in [2.75, 3.05) is 39.6 Å². The molecular weight excluding hydrogens is 1350 g/mol. The summed E-state index contributed by atoms with van der Waals surface area (Å²) in [5, 5.41) is 10.6. The molecular formula is C85H142O17P2. The second-order valence-electron chi connectivity index (χ2n) is 26.2. The number of aliphatic hydroxyl groups excluding tert-OH is 1. The lowest BCUT2D eigenvalue weighted by atomic mass is 10.0. The van der Waals surface area contributed by atoms with Crippen molar-refractivity contribution < 1.29 is 80.2 Å². The molecule has 0 aliphatic heterocycles. The van der Waals surface area contributed by atoms with E-state index in [1.165, 1.54) is 83.5 Å². The number of carbonyl (C=O) groups excluding carboxylic acids is 4. The van der Waals surface area contributed by atoms with Crippen LogP contribution in [0.25, 0.3) is 0 Å². The van der Waals surface area contributed by atoms with E-state index in [-0.39, 0.29) is 25.7 Å². The molecule has 0 saturated carbocycles. The molecule has 0 aliphatic carbocycles. The molecule has 5 unspecified atom stereocenters. The van der Waals surface area contributed by atoms with Gasteiger partial charge in [-0.25, -0.2) is 9.13 Å². The highest BCUT2D eigenvalue weighted by Crippen LogP contribution is 2.45. The molecule has 19 heteroatoms. The van der Waals surface area contributed by atoms with Gasteiger partial charge < -0.3 is 33.8 Å². The average Bonchev–Trinajstić information content (AvgIpc) is 0.928. The summed E-state index contributed by atoms with van der Waals surface area (Å²) in [6.45, 7) is 4.48. The van der Waals surface area contributed by atoms with Gasteiger partial charge in [0, 0.05) is 25.7 Å². The van der Waals surface area contributed by atoms with Crippen LogP contribution in [-0.2, 0) is 65.4 Å². The summed E-state index contributed by atoms with van der Waals surface area (Å²) >= 11 is 0. The number of carbonyl (C=O) groups is 4. The monoisotopic (exact) mass is 1500 g/mol. The normalized spacial score (nSPS) is 14.6. The third-order valence-electron chi connectivity index (χ3n) is 16.3. The zero-order valence-electron chi connectivity index (χ0n) is 64.9. The van der Waals surface area contributed by atoms with E-state index in [2.05, 4.69) is 155 Å². The van der Waals surface area contributed by atoms with E-state index >= 15 is 0 Å². The van der Waals surface area contributed by atoms with Crippen LogP contribution >= 0.6 is 15.6 Å². The number of hydrogen-bond acceptors (Lipinski definition) is 15. The van der Waals surface area contributed by atoms with Crippen molar-refractivity contribution in [3.05, 3.63) is 146 Å². The fraction of sp³-hybridized carbons (Fsp3) is 0.671. The topological polar surface area (TPSA) is 237 Å². The molecule has 0 aromatic heterocycles. The van der Waals surface area contributed by atoms with Gasteiger partial charge in [-0.15, -0.1) is 0 Å². The maximum atomic E-state index is 13.1. The lowest BCUT2D eigenvalue weighted by molar-refractivity contribution is -0.161. The molecule has 0 amide bonds. The highest BCUT2D eigenvalue weighted by atomic mass is 31.2. The highest BCUT2D eigenvalue weighted by molar-refractivity contribution is 7.47. The first kappa shape index (κ1) is 98.9. The first-order valence-electron chi connectivity index (χ1n) is 40.1. The number of esters is 4. The minimum atomic E-state index is -5.01. The summed E-state index contributed by atoms with van der Waals surface area (Å²) in [7, 11) is -9.99. The number of phosphoric ester groups is 2. The molecule has 0 aromatic carbocycles. The van der Waals surface area contributed by atoms with E-state index in [0.29, 0.717) is 32.1 Å². The van der Waals surface area contributed by atoms with Crippen LogP contribution in [0.4, 0.5) is 0 Å². The van der Waals surface area contributed by atoms with E-state index in [0.717, 1.165) is 141 Å². The molecule has 0 heterocycles. The number of aliphatic hydroxyl groups is 1. The van der Waals surface area contributed by atoms with Crippen molar-refractivity contribution in [3.63, 3.8) is 0 Å². The van der Waals surface area contributed by atoms with Crippen LogP contribution in [0.1, 0.15) is 310 Å². The van der Waals surface area contributed by atoms with E-state index in [1.807, 2.05) is 18.2 Å². The van der Waals surface area contributed by atoms with Gasteiger partial charge in [-0.2, -0.15) is 0 Å². The molecule has 104 heavy (non-hydrogen) atoms. The molecule has 5 atom stereocenters. The number of rotatable bonds is 74. The van der Waals surface area contributed by atoms with Gasteiger partial charge in [0.25, 0.3) is 0 Å². The molecule has 0 fully saturated rings. The van der Waals surface area contributed by atoms with Gasteiger partial charge in [0.15, 0.2) is 12.2 Å². The molecule has 0 aromatic rings. The fourth-order valence-electron chi connectivity index (χ4n) is 10.3. The van der Waals surface area contributed by atoms with Gasteiger partial charge in [0.05, 0.1) is 26.4 Å². The number of allylic oxidation sites excluding steroid dienone is 24. The number of hydrogen-bond donors (Lipinski definition) is 3. The van der Waals surface area contributed by atoms with Crippen molar-refractivity contribution in [1.29, 1.82) is 0 Å². The molecule has 594 valence electrons. The lowest BCUT2D eigenvalue weighted by Gasteiger charge is -2.21. The van der Waals surface area contributed by atoms with Crippen LogP contribution in [0.5, 0.6) is 0 Å². The fourth-order valence-corrected chi connectivity index (χ4v) is 11.8. The molecule has 17 nitrogen and oxygen atoms in total. The second kappa shape index (κ2) is 76.1. The van der Waals surface area contributed by atoms with Crippen molar-refractivity contribution in [3.8, 4) is 0 Å². The summed E-state index contributed by atoms with van der Waals surface area (Å²) in [4.78, 5) is 72.9. The smallest absolute Gasteiger partial charge is 0.462 e. The number of unbranched alkanes of at least 4 members (excludes halogenated alkanes) is 24. The maximum Gasteiger partial charge on any atom is 0.472 e. The largest absolute Gasteiger partial charge is 0.472 e. The Hall–Kier alpha value is -5.06. The molecule has 0 bridgehead atoms. The van der Waals surface area contributed by atoms with Gasteiger partial charge in [-0.1, -0.05) is 302 Å². The Morgan fingerprint density at radius 2 is 0.529 bits per heavy atom. The van der Waals surface area contributed by atoms with E-state index in [9.17, 15) is 43.2 Å². The molecule has 0 aliphatic rings. The van der Waals surface area contributed by atoms with E-state index in [4.69, 9.17) is 37.0 Å². The average molecular weight is 1500 g/mol. The third kappa shape index (κ3) is 75.2. The third-order valence-corrected chi connectivity index (χ3v) is 18.2. The van der Waals surface area contributed by atoms with Gasteiger partial charge in [-0.3, -0.25) is 37.3 Å². The van der Waals surface area contributed by atoms with Crippen molar-refractivity contribution in [1.82, 2.24) is 0 Å². The summed E-state index contributed by atoms with van der Waals surface area (Å²) in [6.07, 6.45) is 87.1. The standard InChI is InChI=1S/C85H142O17P2/c1-5-9-13-17-21-25-29-32-35-37-39-41-44-47-51-54-58-62-66-70-83(88)96-76-81(102-85(90)72-68-64-60-56-52-48-45-42-40-38-36-33-30-26-22-18-14-10-6-2)78-100-104(93,94)98-74-79(86)73-97-103(91,92)99-77-80(101-84(89)71-67-63-59-55-49-28-24-20-16-12-8-4)75-95-82(87)69-65-61-57-53-50-46-43-34-31-27-23-19-15-11-7-3/h9-10,13-14,20-22,24-26,32-33,35-36,39-42,47-48,51-52,58,62,79-81,86H,5-8,11-12,15-19,23,27-31,34,37-38,43-46,49-50,53-57,59-61,63-78H2,1-4H3,(H,91,92)(H,93,94)/b13-9-,14-10-,24-20-,25-21-,26-22-,35-32-,36-33-,41-39-,42-40-,51-47-,52-48-,62-58-. The maximum absolute atomic E-state index is 13.1. The van der Waals surface area contributed by atoms with Crippen LogP contribution < -0.4 is 0 Å². The molecule has 0 radical (unpaired) electrons. The lowest BCUT2D eigenvalue weighted by Crippen LogP contribution is -2.30. The zero-order chi connectivity index (χ0) is 76.0. The first-order valence-corrected chi connectivity index (χ1v) is 43.1. The SMILES string of the molecule is CC/C=C\C/C=C\C/C=C\C/C=C\C/C=C\C/C=C\CCC(=O)OCC(COP(=O)(O)OCC(O)COP(=O)(O)OCC(COC(=O)CCCCCCCCCCCCCCCCC)OC(=O)CCCCCCC/C=C\CCCC)OC(=O)CCCCC/C=C\C/C=C\C/C=C\C/C=C\C/C=C\CC. The number of phosphoric acid groups is 2. The van der Waals surface area contributed by atoms with Crippen LogP contribution in [0.3, 0.4) is 0 Å². The minimum absolute atomic E-state index is 0.0240. The molecule has 0 rings (SSSR count). The van der Waals surface area contributed by atoms with Gasteiger partial charge in [0.1, 0.15) is 19.3 Å². The van der Waals surface area contributed by atoms with Crippen LogP contribution in [0.2, 0.25) is 0 Å². The Morgan fingerprint density at radius 1 is 0.279 bits per heavy atom. The van der Waals surface area contributed by atoms with Crippen LogP contribution in [-0.4, -0.2) is 96.7 Å². The van der Waals surface area contributed by atoms with E-state index in [1.54, 1.807) is 0 Å². The van der Waals surface area contributed by atoms with Crippen molar-refractivity contribution >= 4 is 39.5 Å². The highest BCUT2D eigenvalue weighted by Gasteiger charge is 2.30. The van der Waals surface area contributed by atoms with Crippen molar-refractivity contribution in [2.24, 2.45) is 0 Å². The first-order chi connectivity index (χ1) is 50.7. The van der Waals surface area contributed by atoms with Gasteiger partial charge in [0.2, 0.25) is 0 Å². The van der Waals surface area contributed by atoms with E-state index < -0.39 is 97.5 Å². The van der Waals surface area contributed by atoms with Gasteiger partial charge >= 0.3 is 39.5 Å². The quantitative estimate of drug-likeness (QED) is 0.0169. The Morgan fingerprint density at radius 3 is 0.875 bits per heavy atom. The Kier molecular flexibility index (Phi) is 72.4. The Bertz CT molecular complexity index is 2540. The number of ether oxygens (including phenoxy) is 4. The summed E-state index contributed by atoms with van der Waals surface area (Å²) in [5.74, 6) is -2.32. The van der Waals surface area contributed by atoms with Crippen LogP contribution in [0.15, 0.2) is 146 Å². The second-order valence-corrected chi connectivity index (χ2v) is 29.2. The molecule has 3 N–H and O–H groups in total. The molecule has 0 saturated heterocycles. The Labute approximate surface area is 630 Å². The predicted molar refractivity (Wildman–Crippen MR) is 427 cm³/mol. The summed E-state index contributed by atoms with van der Waals surface area (Å²) in [5.41, 5.74) is 0. The van der Waals surface area contributed by atoms with Crippen LogP contribution in [0, 0.1) is 0 Å². The van der Waals surface area contributed by atoms with Gasteiger partial charge in [-0.05, 0) is 128 Å². The summed E-state index contributed by atoms with van der Waals surface area (Å²) in [6, 6.07) is 0. The minimum Gasteiger partial charge on any atom is -0.462 e.